The summed E-state index contributed by atoms with van der Waals surface area (Å²) in [5, 5.41) is 2.87. The molecule has 1 saturated carbocycles. The third-order valence-corrected chi connectivity index (χ3v) is 5.73. The van der Waals surface area contributed by atoms with Gasteiger partial charge in [-0.2, -0.15) is 0 Å². The summed E-state index contributed by atoms with van der Waals surface area (Å²) in [5.74, 6) is -0.0950. The fraction of sp³-hybridized carbons (Fsp3) is 0.550. The van der Waals surface area contributed by atoms with Gasteiger partial charge in [-0.05, 0) is 31.7 Å². The lowest BCUT2D eigenvalue weighted by molar-refractivity contribution is -0.133. The van der Waals surface area contributed by atoms with Crippen LogP contribution in [0, 0.1) is 0 Å². The highest BCUT2D eigenvalue weighted by atomic mass is 16.2. The molecule has 4 amide bonds. The van der Waals surface area contributed by atoms with E-state index in [0.29, 0.717) is 19.4 Å². The Hall–Kier alpha value is -2.37. The van der Waals surface area contributed by atoms with Crippen molar-refractivity contribution in [3.8, 4) is 0 Å². The van der Waals surface area contributed by atoms with Crippen LogP contribution in [-0.2, 0) is 9.59 Å². The largest absolute Gasteiger partial charge is 0.339 e. The Morgan fingerprint density at radius 1 is 1.23 bits per heavy atom. The van der Waals surface area contributed by atoms with E-state index in [2.05, 4.69) is 5.32 Å². The lowest BCUT2D eigenvalue weighted by Gasteiger charge is -2.26. The molecule has 2 aliphatic rings. The van der Waals surface area contributed by atoms with Crippen molar-refractivity contribution in [2.24, 2.45) is 0 Å². The van der Waals surface area contributed by atoms with Crippen LogP contribution >= 0.6 is 0 Å². The molecule has 0 unspecified atom stereocenters. The van der Waals surface area contributed by atoms with Crippen molar-refractivity contribution in [2.75, 3.05) is 13.6 Å². The zero-order valence-corrected chi connectivity index (χ0v) is 15.5. The lowest BCUT2D eigenvalue weighted by atomic mass is 9.98. The van der Waals surface area contributed by atoms with Gasteiger partial charge in [0.25, 0.3) is 5.91 Å². The molecule has 140 valence electrons. The number of nitrogens with zero attached hydrogens (tertiary/aromatic N) is 2. The summed E-state index contributed by atoms with van der Waals surface area (Å²) in [6.45, 7) is 2.29. The molecule has 3 rings (SSSR count). The molecule has 1 saturated heterocycles. The van der Waals surface area contributed by atoms with E-state index in [1.807, 2.05) is 37.3 Å². The van der Waals surface area contributed by atoms with E-state index in [0.717, 1.165) is 31.2 Å². The summed E-state index contributed by atoms with van der Waals surface area (Å²) in [5.41, 5.74) is 0.417. The Labute approximate surface area is 154 Å². The number of nitrogens with one attached hydrogen (secondary N) is 1. The molecule has 0 bridgehead atoms. The van der Waals surface area contributed by atoms with Crippen molar-refractivity contribution < 1.29 is 14.4 Å². The van der Waals surface area contributed by atoms with Crippen molar-refractivity contribution in [3.63, 3.8) is 0 Å². The molecule has 1 atom stereocenters. The molecule has 1 aromatic carbocycles. The zero-order valence-electron chi connectivity index (χ0n) is 15.5. The number of rotatable bonds is 6. The Morgan fingerprint density at radius 2 is 1.88 bits per heavy atom. The standard InChI is InChI=1S/C20H27N3O3/c1-15(16-9-4-3-5-10-16)22(2)17(24)11-8-14-23-18(25)20(21-19(23)26)12-6-7-13-20/h3-5,9-10,15H,6-8,11-14H2,1-2H3,(H,21,26)/t15-/m0/s1. The average molecular weight is 357 g/mol. The summed E-state index contributed by atoms with van der Waals surface area (Å²) < 4.78 is 0. The van der Waals surface area contributed by atoms with Gasteiger partial charge in [0, 0.05) is 20.0 Å². The van der Waals surface area contributed by atoms with Crippen molar-refractivity contribution in [2.45, 2.75) is 57.0 Å². The van der Waals surface area contributed by atoms with Gasteiger partial charge in [0.2, 0.25) is 5.91 Å². The van der Waals surface area contributed by atoms with E-state index in [9.17, 15) is 14.4 Å². The molecule has 1 aliphatic heterocycles. The first kappa shape index (κ1) is 18.4. The molecule has 0 aromatic heterocycles. The quantitative estimate of drug-likeness (QED) is 0.796. The zero-order chi connectivity index (χ0) is 18.7. The van der Waals surface area contributed by atoms with Crippen molar-refractivity contribution in [1.82, 2.24) is 15.1 Å². The second-order valence-electron chi connectivity index (χ2n) is 7.37. The average Bonchev–Trinajstić information content (AvgIpc) is 3.21. The molecular formula is C20H27N3O3. The van der Waals surface area contributed by atoms with Gasteiger partial charge in [-0.1, -0.05) is 43.2 Å². The summed E-state index contributed by atoms with van der Waals surface area (Å²) in [7, 11) is 1.79. The number of urea groups is 1. The highest BCUT2D eigenvalue weighted by Crippen LogP contribution is 2.35. The van der Waals surface area contributed by atoms with E-state index < -0.39 is 5.54 Å². The van der Waals surface area contributed by atoms with Crippen LogP contribution < -0.4 is 5.32 Å². The first-order valence-electron chi connectivity index (χ1n) is 9.39. The minimum Gasteiger partial charge on any atom is -0.339 e. The smallest absolute Gasteiger partial charge is 0.325 e. The fourth-order valence-corrected chi connectivity index (χ4v) is 3.93. The highest BCUT2D eigenvalue weighted by Gasteiger charge is 2.52. The number of carbonyl (C=O) groups excluding carboxylic acids is 3. The number of imide groups is 1. The molecule has 2 fully saturated rings. The van der Waals surface area contributed by atoms with Crippen LogP contribution in [0.2, 0.25) is 0 Å². The Morgan fingerprint density at radius 3 is 2.54 bits per heavy atom. The minimum atomic E-state index is -0.667. The van der Waals surface area contributed by atoms with E-state index in [-0.39, 0.29) is 23.9 Å². The monoisotopic (exact) mass is 357 g/mol. The predicted molar refractivity (Wildman–Crippen MR) is 98.3 cm³/mol. The number of carbonyl (C=O) groups is 3. The van der Waals surface area contributed by atoms with Crippen molar-refractivity contribution in [1.29, 1.82) is 0 Å². The predicted octanol–water partition coefficient (Wildman–Crippen LogP) is 2.85. The number of amides is 4. The van der Waals surface area contributed by atoms with Crippen molar-refractivity contribution in [3.05, 3.63) is 35.9 Å². The lowest BCUT2D eigenvalue weighted by Crippen LogP contribution is -2.44. The summed E-state index contributed by atoms with van der Waals surface area (Å²) >= 11 is 0. The van der Waals surface area contributed by atoms with Gasteiger partial charge in [-0.25, -0.2) is 4.79 Å². The van der Waals surface area contributed by atoms with E-state index in [4.69, 9.17) is 0 Å². The molecule has 1 aromatic rings. The third kappa shape index (κ3) is 3.45. The Kier molecular flexibility index (Phi) is 5.30. The van der Waals surface area contributed by atoms with Gasteiger partial charge in [0.1, 0.15) is 5.54 Å². The second-order valence-corrected chi connectivity index (χ2v) is 7.37. The van der Waals surface area contributed by atoms with E-state index in [1.165, 1.54) is 4.90 Å². The first-order chi connectivity index (χ1) is 12.4. The van der Waals surface area contributed by atoms with Gasteiger partial charge < -0.3 is 10.2 Å². The maximum absolute atomic E-state index is 12.6. The van der Waals surface area contributed by atoms with Crippen LogP contribution in [0.1, 0.15) is 57.1 Å². The fourth-order valence-electron chi connectivity index (χ4n) is 3.93. The summed E-state index contributed by atoms with van der Waals surface area (Å²) in [6.07, 6.45) is 4.20. The van der Waals surface area contributed by atoms with Crippen LogP contribution in [0.25, 0.3) is 0 Å². The minimum absolute atomic E-state index is 0.0119. The molecule has 6 heteroatoms. The molecule has 1 heterocycles. The maximum Gasteiger partial charge on any atom is 0.325 e. The number of hydrogen-bond acceptors (Lipinski definition) is 3. The molecular weight excluding hydrogens is 330 g/mol. The van der Waals surface area contributed by atoms with Crippen LogP contribution in [0.5, 0.6) is 0 Å². The maximum atomic E-state index is 12.6. The topological polar surface area (TPSA) is 69.7 Å². The first-order valence-corrected chi connectivity index (χ1v) is 9.39. The van der Waals surface area contributed by atoms with Crippen molar-refractivity contribution >= 4 is 17.8 Å². The second kappa shape index (κ2) is 7.48. The highest BCUT2D eigenvalue weighted by molar-refractivity contribution is 6.07. The van der Waals surface area contributed by atoms with Gasteiger partial charge in [0.15, 0.2) is 0 Å². The number of hydrogen-bond donors (Lipinski definition) is 1. The molecule has 0 radical (unpaired) electrons. The van der Waals surface area contributed by atoms with Crippen LogP contribution in [-0.4, -0.2) is 46.8 Å². The molecule has 1 spiro atoms. The van der Waals surface area contributed by atoms with Gasteiger partial charge in [-0.3, -0.25) is 14.5 Å². The van der Waals surface area contributed by atoms with Gasteiger partial charge in [-0.15, -0.1) is 0 Å². The van der Waals surface area contributed by atoms with Crippen LogP contribution in [0.3, 0.4) is 0 Å². The molecule has 1 N–H and O–H groups in total. The van der Waals surface area contributed by atoms with Crippen LogP contribution in [0.15, 0.2) is 30.3 Å². The molecule has 26 heavy (non-hydrogen) atoms. The van der Waals surface area contributed by atoms with Crippen LogP contribution in [0.4, 0.5) is 4.79 Å². The molecule has 6 nitrogen and oxygen atoms in total. The normalized spacial score (nSPS) is 19.7. The number of benzene rings is 1. The summed E-state index contributed by atoms with van der Waals surface area (Å²) in [6, 6.07) is 9.55. The SMILES string of the molecule is C[C@@H](c1ccccc1)N(C)C(=O)CCCN1C(=O)NC2(CCCC2)C1=O. The third-order valence-electron chi connectivity index (χ3n) is 5.73. The summed E-state index contributed by atoms with van der Waals surface area (Å²) in [4.78, 5) is 40.2. The Bertz CT molecular complexity index is 683. The van der Waals surface area contributed by atoms with Gasteiger partial charge >= 0.3 is 6.03 Å². The van der Waals surface area contributed by atoms with E-state index >= 15 is 0 Å². The molecule has 1 aliphatic carbocycles. The Balaban J connectivity index is 1.51. The van der Waals surface area contributed by atoms with E-state index in [1.54, 1.807) is 11.9 Å². The van der Waals surface area contributed by atoms with Gasteiger partial charge in [0.05, 0.1) is 6.04 Å².